The number of rotatable bonds is 6. The number of hydrogen-bond donors (Lipinski definition) is 1. The molecule has 2 aromatic rings. The van der Waals surface area contributed by atoms with E-state index < -0.39 is 0 Å². The van der Waals surface area contributed by atoms with Crippen molar-refractivity contribution in [2.75, 3.05) is 74.3 Å². The quantitative estimate of drug-likeness (QED) is 0.735. The van der Waals surface area contributed by atoms with E-state index in [0.29, 0.717) is 24.0 Å². The van der Waals surface area contributed by atoms with E-state index in [1.165, 1.54) is 0 Å². The normalized spacial score (nSPS) is 16.8. The highest BCUT2D eigenvalue weighted by Gasteiger charge is 2.19. The molecule has 0 atom stereocenters. The van der Waals surface area contributed by atoms with E-state index in [1.807, 2.05) is 19.1 Å². The third-order valence-corrected chi connectivity index (χ3v) is 5.71. The summed E-state index contributed by atoms with van der Waals surface area (Å²) in [5.41, 5.74) is 3.81. The average Bonchev–Trinajstić information content (AvgIpc) is 2.80. The van der Waals surface area contributed by atoms with Crippen LogP contribution in [-0.2, 0) is 14.3 Å². The van der Waals surface area contributed by atoms with E-state index in [4.69, 9.17) is 25.8 Å². The number of ether oxygens (including phenoxy) is 3. The lowest BCUT2D eigenvalue weighted by Gasteiger charge is -2.33. The van der Waals surface area contributed by atoms with E-state index in [1.54, 1.807) is 12.1 Å². The third-order valence-electron chi connectivity index (χ3n) is 5.48. The number of aryl methyl sites for hydroxylation is 1. The van der Waals surface area contributed by atoms with Crippen LogP contribution in [0.5, 0.6) is 5.75 Å². The first-order chi connectivity index (χ1) is 15.1. The highest BCUT2D eigenvalue weighted by Crippen LogP contribution is 2.32. The number of carbonyl (C=O) groups is 1. The van der Waals surface area contributed by atoms with E-state index in [9.17, 15) is 4.79 Å². The molecule has 0 bridgehead atoms. The van der Waals surface area contributed by atoms with Crippen molar-refractivity contribution >= 4 is 34.6 Å². The lowest BCUT2D eigenvalue weighted by molar-refractivity contribution is -0.118. The van der Waals surface area contributed by atoms with Crippen molar-refractivity contribution in [3.63, 3.8) is 0 Å². The van der Waals surface area contributed by atoms with Gasteiger partial charge in [-0.2, -0.15) is 0 Å². The minimum atomic E-state index is -0.206. The molecule has 0 saturated carbocycles. The Balaban J connectivity index is 1.48. The molecule has 1 amide bonds. The molecule has 2 aromatic carbocycles. The van der Waals surface area contributed by atoms with Crippen LogP contribution in [0.3, 0.4) is 0 Å². The highest BCUT2D eigenvalue weighted by atomic mass is 35.5. The zero-order valence-electron chi connectivity index (χ0n) is 17.7. The molecule has 1 N–H and O–H groups in total. The molecule has 0 spiro atoms. The van der Waals surface area contributed by atoms with Gasteiger partial charge >= 0.3 is 0 Å². The van der Waals surface area contributed by atoms with Crippen LogP contribution >= 0.6 is 11.6 Å². The summed E-state index contributed by atoms with van der Waals surface area (Å²) in [6.45, 7) is 7.94. The number of nitrogens with zero attached hydrogens (tertiary/aromatic N) is 2. The van der Waals surface area contributed by atoms with Gasteiger partial charge in [-0.05, 0) is 48.9 Å². The highest BCUT2D eigenvalue weighted by molar-refractivity contribution is 6.30. The summed E-state index contributed by atoms with van der Waals surface area (Å²) in [5, 5.41) is 3.67. The summed E-state index contributed by atoms with van der Waals surface area (Å²) in [7, 11) is 0. The number of hydrogen-bond acceptors (Lipinski definition) is 6. The van der Waals surface area contributed by atoms with Gasteiger partial charge in [-0.15, -0.1) is 0 Å². The first kappa shape index (κ1) is 21.7. The van der Waals surface area contributed by atoms with E-state index in [-0.39, 0.29) is 12.5 Å². The smallest absolute Gasteiger partial charge is 0.262 e. The fourth-order valence-electron chi connectivity index (χ4n) is 3.81. The summed E-state index contributed by atoms with van der Waals surface area (Å²) in [5.74, 6) is 0.443. The summed E-state index contributed by atoms with van der Waals surface area (Å²) >= 11 is 5.99. The van der Waals surface area contributed by atoms with Crippen molar-refractivity contribution in [1.82, 2.24) is 0 Å². The molecule has 4 rings (SSSR count). The lowest BCUT2D eigenvalue weighted by atomic mass is 10.1. The standard InChI is InChI=1S/C23H28ClN3O4/c1-17-14-18(24)2-5-22(17)31-16-23(28)25-20-4-3-19(26-6-10-29-11-7-26)15-21(20)27-8-12-30-13-9-27/h2-5,14-15H,6-13,16H2,1H3,(H,25,28). The molecule has 166 valence electrons. The molecule has 7 nitrogen and oxygen atoms in total. The van der Waals surface area contributed by atoms with Crippen LogP contribution in [0.15, 0.2) is 36.4 Å². The maximum atomic E-state index is 12.7. The predicted molar refractivity (Wildman–Crippen MR) is 123 cm³/mol. The molecule has 2 fully saturated rings. The molecule has 0 unspecified atom stereocenters. The van der Waals surface area contributed by atoms with Crippen LogP contribution in [-0.4, -0.2) is 65.1 Å². The molecule has 2 saturated heterocycles. The van der Waals surface area contributed by atoms with Crippen molar-refractivity contribution in [1.29, 1.82) is 0 Å². The average molecular weight is 446 g/mol. The Kier molecular flexibility index (Phi) is 7.17. The molecule has 0 aromatic heterocycles. The summed E-state index contributed by atoms with van der Waals surface area (Å²) in [6.07, 6.45) is 0. The number of morpholine rings is 2. The third kappa shape index (κ3) is 5.61. The van der Waals surface area contributed by atoms with Crippen molar-refractivity contribution < 1.29 is 19.0 Å². The monoisotopic (exact) mass is 445 g/mol. The minimum absolute atomic E-state index is 0.0732. The molecule has 0 radical (unpaired) electrons. The van der Waals surface area contributed by atoms with Crippen molar-refractivity contribution in [2.24, 2.45) is 0 Å². The van der Waals surface area contributed by atoms with Crippen molar-refractivity contribution in [3.05, 3.63) is 47.0 Å². The largest absolute Gasteiger partial charge is 0.483 e. The van der Waals surface area contributed by atoms with Gasteiger partial charge in [-0.25, -0.2) is 0 Å². The molecule has 8 heteroatoms. The fraction of sp³-hybridized carbons (Fsp3) is 0.435. The van der Waals surface area contributed by atoms with Gasteiger partial charge in [0, 0.05) is 36.9 Å². The summed E-state index contributed by atoms with van der Waals surface area (Å²) in [6, 6.07) is 11.5. The van der Waals surface area contributed by atoms with Gasteiger partial charge in [0.2, 0.25) is 0 Å². The number of carbonyl (C=O) groups excluding carboxylic acids is 1. The molecule has 2 heterocycles. The van der Waals surface area contributed by atoms with Gasteiger partial charge in [0.1, 0.15) is 5.75 Å². The zero-order chi connectivity index (χ0) is 21.6. The van der Waals surface area contributed by atoms with E-state index in [0.717, 1.165) is 62.0 Å². The maximum Gasteiger partial charge on any atom is 0.262 e. The second-order valence-electron chi connectivity index (χ2n) is 7.65. The molecular weight excluding hydrogens is 418 g/mol. The lowest BCUT2D eigenvalue weighted by Crippen LogP contribution is -2.38. The van der Waals surface area contributed by atoms with Crippen molar-refractivity contribution in [3.8, 4) is 5.75 Å². The Morgan fingerprint density at radius 3 is 2.35 bits per heavy atom. The molecule has 31 heavy (non-hydrogen) atoms. The Morgan fingerprint density at radius 1 is 1.00 bits per heavy atom. The number of anilines is 3. The van der Waals surface area contributed by atoms with Gasteiger partial charge in [-0.3, -0.25) is 4.79 Å². The van der Waals surface area contributed by atoms with Gasteiger partial charge in [-0.1, -0.05) is 11.6 Å². The summed E-state index contributed by atoms with van der Waals surface area (Å²) < 4.78 is 16.7. The van der Waals surface area contributed by atoms with Gasteiger partial charge in [0.15, 0.2) is 6.61 Å². The Labute approximate surface area is 187 Å². The van der Waals surface area contributed by atoms with Crippen LogP contribution in [0.2, 0.25) is 5.02 Å². The second kappa shape index (κ2) is 10.2. The van der Waals surface area contributed by atoms with Crippen LogP contribution in [0.1, 0.15) is 5.56 Å². The van der Waals surface area contributed by atoms with Crippen LogP contribution in [0.4, 0.5) is 17.1 Å². The topological polar surface area (TPSA) is 63.3 Å². The Hall–Kier alpha value is -2.48. The molecule has 0 aliphatic carbocycles. The second-order valence-corrected chi connectivity index (χ2v) is 8.08. The predicted octanol–water partition coefficient (Wildman–Crippen LogP) is 3.34. The molecule has 2 aliphatic rings. The van der Waals surface area contributed by atoms with Crippen LogP contribution < -0.4 is 19.9 Å². The van der Waals surface area contributed by atoms with Gasteiger partial charge in [0.05, 0.1) is 37.8 Å². The Bertz CT molecular complexity index is 912. The first-order valence-corrected chi connectivity index (χ1v) is 11.0. The van der Waals surface area contributed by atoms with Crippen molar-refractivity contribution in [2.45, 2.75) is 6.92 Å². The van der Waals surface area contributed by atoms with Crippen LogP contribution in [0.25, 0.3) is 0 Å². The van der Waals surface area contributed by atoms with Gasteiger partial charge < -0.3 is 29.3 Å². The van der Waals surface area contributed by atoms with E-state index in [2.05, 4.69) is 27.2 Å². The first-order valence-electron chi connectivity index (χ1n) is 10.6. The molecule has 2 aliphatic heterocycles. The number of halogens is 1. The van der Waals surface area contributed by atoms with E-state index >= 15 is 0 Å². The van der Waals surface area contributed by atoms with Gasteiger partial charge in [0.25, 0.3) is 5.91 Å². The number of nitrogens with one attached hydrogen (secondary N) is 1. The van der Waals surface area contributed by atoms with Crippen LogP contribution in [0, 0.1) is 6.92 Å². The minimum Gasteiger partial charge on any atom is -0.483 e. The fourth-order valence-corrected chi connectivity index (χ4v) is 4.04. The zero-order valence-corrected chi connectivity index (χ0v) is 18.5. The Morgan fingerprint density at radius 2 is 1.68 bits per heavy atom. The SMILES string of the molecule is Cc1cc(Cl)ccc1OCC(=O)Nc1ccc(N2CCOCC2)cc1N1CCOCC1. The molecular formula is C23H28ClN3O4. The number of amides is 1. The number of benzene rings is 2. The maximum absolute atomic E-state index is 12.7. The summed E-state index contributed by atoms with van der Waals surface area (Å²) in [4.78, 5) is 17.2.